The number of ether oxygens (including phenoxy) is 1. The molecule has 3 aromatic rings. The van der Waals surface area contributed by atoms with Gasteiger partial charge in [-0.05, 0) is 54.1 Å². The van der Waals surface area contributed by atoms with E-state index in [4.69, 9.17) is 16.3 Å². The molecular formula is C24H21ClN2O5S. The smallest absolute Gasteiger partial charge is 0.252 e. The number of hydrogen-bond acceptors (Lipinski definition) is 5. The molecule has 0 aliphatic carbocycles. The second-order valence-electron chi connectivity index (χ2n) is 7.48. The quantitative estimate of drug-likeness (QED) is 0.475. The average molecular weight is 485 g/mol. The third-order valence-corrected chi connectivity index (χ3v) is 7.52. The van der Waals surface area contributed by atoms with Gasteiger partial charge in [-0.2, -0.15) is 4.31 Å². The van der Waals surface area contributed by atoms with Gasteiger partial charge >= 0.3 is 0 Å². The van der Waals surface area contributed by atoms with Gasteiger partial charge in [0.1, 0.15) is 11.8 Å². The van der Waals surface area contributed by atoms with Crippen molar-refractivity contribution in [3.8, 4) is 5.75 Å². The molecule has 0 N–H and O–H groups in total. The predicted octanol–water partition coefficient (Wildman–Crippen LogP) is 3.87. The van der Waals surface area contributed by atoms with E-state index in [9.17, 15) is 18.0 Å². The van der Waals surface area contributed by atoms with Crippen LogP contribution in [-0.4, -0.2) is 37.7 Å². The third-order valence-electron chi connectivity index (χ3n) is 5.40. The molecule has 1 heterocycles. The Morgan fingerprint density at radius 2 is 1.61 bits per heavy atom. The molecule has 170 valence electrons. The van der Waals surface area contributed by atoms with E-state index < -0.39 is 27.9 Å². The SMILES string of the molecule is COc1ccc(S(=O)(=O)N(Cc2ccccc2)C2CC(=O)N(c3ccc(Cl)cc3)C2=O)cc1. The minimum absolute atomic E-state index is 0.00410. The molecule has 0 bridgehead atoms. The molecule has 1 aliphatic heterocycles. The van der Waals surface area contributed by atoms with Gasteiger partial charge in [-0.25, -0.2) is 13.3 Å². The summed E-state index contributed by atoms with van der Waals surface area (Å²) in [5.74, 6) is -0.574. The van der Waals surface area contributed by atoms with E-state index in [1.54, 1.807) is 48.5 Å². The minimum atomic E-state index is -4.12. The maximum Gasteiger partial charge on any atom is 0.252 e. The van der Waals surface area contributed by atoms with Crippen LogP contribution in [0.4, 0.5) is 5.69 Å². The maximum absolute atomic E-state index is 13.6. The van der Waals surface area contributed by atoms with Crippen LogP contribution < -0.4 is 9.64 Å². The van der Waals surface area contributed by atoms with E-state index in [1.807, 2.05) is 6.07 Å². The fraction of sp³-hybridized carbons (Fsp3) is 0.167. The lowest BCUT2D eigenvalue weighted by Gasteiger charge is -2.27. The summed E-state index contributed by atoms with van der Waals surface area (Å²) in [7, 11) is -2.63. The van der Waals surface area contributed by atoms with Crippen molar-refractivity contribution >= 4 is 39.1 Å². The summed E-state index contributed by atoms with van der Waals surface area (Å²) in [5, 5.41) is 0.460. The molecule has 3 aromatic carbocycles. The van der Waals surface area contributed by atoms with Crippen molar-refractivity contribution < 1.29 is 22.7 Å². The lowest BCUT2D eigenvalue weighted by molar-refractivity contribution is -0.122. The summed E-state index contributed by atoms with van der Waals surface area (Å²) in [6, 6.07) is 19.9. The second kappa shape index (κ2) is 9.35. The highest BCUT2D eigenvalue weighted by Crippen LogP contribution is 2.31. The summed E-state index contributed by atoms with van der Waals surface area (Å²) in [5.41, 5.74) is 1.04. The van der Waals surface area contributed by atoms with Crippen LogP contribution in [0.2, 0.25) is 5.02 Å². The molecule has 33 heavy (non-hydrogen) atoms. The van der Waals surface area contributed by atoms with Gasteiger partial charge in [-0.1, -0.05) is 41.9 Å². The van der Waals surface area contributed by atoms with Crippen molar-refractivity contribution in [2.75, 3.05) is 12.0 Å². The largest absolute Gasteiger partial charge is 0.497 e. The number of halogens is 1. The van der Waals surface area contributed by atoms with Gasteiger partial charge in [0.05, 0.1) is 24.1 Å². The molecule has 1 atom stereocenters. The molecule has 1 fully saturated rings. The Morgan fingerprint density at radius 3 is 2.21 bits per heavy atom. The molecule has 0 aromatic heterocycles. The first kappa shape index (κ1) is 23.0. The van der Waals surface area contributed by atoms with E-state index in [2.05, 4.69) is 0 Å². The Labute approximate surface area is 197 Å². The van der Waals surface area contributed by atoms with Gasteiger partial charge in [0.25, 0.3) is 5.91 Å². The van der Waals surface area contributed by atoms with Gasteiger partial charge in [0.2, 0.25) is 15.9 Å². The van der Waals surface area contributed by atoms with Gasteiger partial charge in [-0.15, -0.1) is 0 Å². The Hall–Kier alpha value is -3.20. The van der Waals surface area contributed by atoms with Crippen molar-refractivity contribution in [1.82, 2.24) is 4.31 Å². The fourth-order valence-electron chi connectivity index (χ4n) is 3.71. The molecule has 1 unspecified atom stereocenters. The van der Waals surface area contributed by atoms with Crippen LogP contribution in [0.3, 0.4) is 0 Å². The number of amides is 2. The Bertz CT molecular complexity index is 1260. The van der Waals surface area contributed by atoms with Crippen LogP contribution >= 0.6 is 11.6 Å². The second-order valence-corrected chi connectivity index (χ2v) is 9.80. The van der Waals surface area contributed by atoms with Crippen LogP contribution in [0.25, 0.3) is 0 Å². The first-order valence-electron chi connectivity index (χ1n) is 10.1. The van der Waals surface area contributed by atoms with E-state index >= 15 is 0 Å². The summed E-state index contributed by atoms with van der Waals surface area (Å²) in [4.78, 5) is 27.2. The predicted molar refractivity (Wildman–Crippen MR) is 125 cm³/mol. The van der Waals surface area contributed by atoms with Gasteiger partial charge in [0.15, 0.2) is 0 Å². The molecule has 2 amide bonds. The molecule has 9 heteroatoms. The summed E-state index contributed by atoms with van der Waals surface area (Å²) in [6.07, 6.45) is -0.260. The normalized spacial score (nSPS) is 16.5. The summed E-state index contributed by atoms with van der Waals surface area (Å²) < 4.78 is 33.5. The number of hydrogen-bond donors (Lipinski definition) is 0. The van der Waals surface area contributed by atoms with E-state index in [1.165, 1.54) is 31.4 Å². The fourth-order valence-corrected chi connectivity index (χ4v) is 5.41. The molecule has 0 radical (unpaired) electrons. The Balaban J connectivity index is 1.73. The lowest BCUT2D eigenvalue weighted by Crippen LogP contribution is -2.45. The average Bonchev–Trinajstić information content (AvgIpc) is 3.12. The van der Waals surface area contributed by atoms with Crippen LogP contribution in [0.15, 0.2) is 83.8 Å². The maximum atomic E-state index is 13.6. The van der Waals surface area contributed by atoms with Crippen molar-refractivity contribution in [3.63, 3.8) is 0 Å². The summed E-state index contributed by atoms with van der Waals surface area (Å²) in [6.45, 7) is -0.0622. The van der Waals surface area contributed by atoms with Crippen molar-refractivity contribution in [2.24, 2.45) is 0 Å². The van der Waals surface area contributed by atoms with Crippen LogP contribution in [0.1, 0.15) is 12.0 Å². The lowest BCUT2D eigenvalue weighted by atomic mass is 10.2. The van der Waals surface area contributed by atoms with Gasteiger partial charge in [-0.3, -0.25) is 9.59 Å². The summed E-state index contributed by atoms with van der Waals surface area (Å²) >= 11 is 5.92. The number of anilines is 1. The number of carbonyl (C=O) groups excluding carboxylic acids is 2. The van der Waals surface area contributed by atoms with Crippen LogP contribution in [0, 0.1) is 0 Å². The minimum Gasteiger partial charge on any atom is -0.497 e. The van der Waals surface area contributed by atoms with E-state index in [0.717, 1.165) is 9.21 Å². The zero-order chi connectivity index (χ0) is 23.6. The number of carbonyl (C=O) groups is 2. The number of imide groups is 1. The molecule has 7 nitrogen and oxygen atoms in total. The number of benzene rings is 3. The Kier molecular flexibility index (Phi) is 6.51. The molecule has 0 saturated carbocycles. The molecule has 4 rings (SSSR count). The van der Waals surface area contributed by atoms with Crippen molar-refractivity contribution in [3.05, 3.63) is 89.4 Å². The monoisotopic (exact) mass is 484 g/mol. The standard InChI is InChI=1S/C24H21ClN2O5S/c1-32-20-11-13-21(14-12-20)33(30,31)26(16-17-5-3-2-4-6-17)22-15-23(28)27(24(22)29)19-9-7-18(25)8-10-19/h2-14,22H,15-16H2,1H3. The van der Waals surface area contributed by atoms with E-state index in [-0.39, 0.29) is 17.9 Å². The van der Waals surface area contributed by atoms with Crippen LogP contribution in [-0.2, 0) is 26.2 Å². The number of methoxy groups -OCH3 is 1. The highest BCUT2D eigenvalue weighted by atomic mass is 35.5. The molecule has 0 spiro atoms. The molecule has 1 aliphatic rings. The van der Waals surface area contributed by atoms with Crippen molar-refractivity contribution in [1.29, 1.82) is 0 Å². The van der Waals surface area contributed by atoms with E-state index in [0.29, 0.717) is 22.0 Å². The molecular weight excluding hydrogens is 464 g/mol. The number of sulfonamides is 1. The topological polar surface area (TPSA) is 84.0 Å². The zero-order valence-corrected chi connectivity index (χ0v) is 19.3. The number of nitrogens with zero attached hydrogens (tertiary/aromatic N) is 2. The van der Waals surface area contributed by atoms with Gasteiger partial charge < -0.3 is 4.74 Å². The van der Waals surface area contributed by atoms with Gasteiger partial charge in [0, 0.05) is 11.6 Å². The third kappa shape index (κ3) is 4.64. The Morgan fingerprint density at radius 1 is 0.970 bits per heavy atom. The first-order valence-corrected chi connectivity index (χ1v) is 12.0. The first-order chi connectivity index (χ1) is 15.8. The van der Waals surface area contributed by atoms with Crippen molar-refractivity contribution in [2.45, 2.75) is 23.9 Å². The molecule has 1 saturated heterocycles. The highest BCUT2D eigenvalue weighted by molar-refractivity contribution is 7.89. The highest BCUT2D eigenvalue weighted by Gasteiger charge is 2.47. The van der Waals surface area contributed by atoms with Crippen LogP contribution in [0.5, 0.6) is 5.75 Å². The number of rotatable bonds is 7. The zero-order valence-electron chi connectivity index (χ0n) is 17.7.